The van der Waals surface area contributed by atoms with Crippen molar-refractivity contribution in [2.24, 2.45) is 0 Å². The minimum Gasteiger partial charge on any atom is -0.480 e. The van der Waals surface area contributed by atoms with Crippen LogP contribution in [0.3, 0.4) is 0 Å². The van der Waals surface area contributed by atoms with E-state index in [1.807, 2.05) is 0 Å². The summed E-state index contributed by atoms with van der Waals surface area (Å²) in [4.78, 5) is 9.19. The summed E-state index contributed by atoms with van der Waals surface area (Å²) < 4.78 is 0. The Morgan fingerprint density at radius 2 is 2.11 bits per heavy atom. The molecular formula is C4H6Br2O3. The first-order valence-corrected chi connectivity index (χ1v) is 4.24. The van der Waals surface area contributed by atoms with E-state index in [2.05, 4.69) is 31.9 Å². The Labute approximate surface area is 69.3 Å². The van der Waals surface area contributed by atoms with Gasteiger partial charge in [0, 0.05) is 5.33 Å². The van der Waals surface area contributed by atoms with Gasteiger partial charge < -0.3 is 10.2 Å². The number of alkyl halides is 2. The molecular weight excluding hydrogens is 256 g/mol. The maximum absolute atomic E-state index is 10.1. The number of carbonyl (C=O) groups is 1. The van der Waals surface area contributed by atoms with Crippen molar-refractivity contribution in [3.05, 3.63) is 0 Å². The number of aliphatic hydroxyl groups excluding tert-OH is 1. The van der Waals surface area contributed by atoms with Crippen LogP contribution in [0.25, 0.3) is 0 Å². The SMILES string of the molecule is O=C(O)C(Br)C(O)CBr. The number of carboxylic acids is 1. The summed E-state index contributed by atoms with van der Waals surface area (Å²) in [6, 6.07) is 0. The largest absolute Gasteiger partial charge is 0.480 e. The van der Waals surface area contributed by atoms with E-state index in [0.29, 0.717) is 0 Å². The second-order valence-electron chi connectivity index (χ2n) is 1.46. The van der Waals surface area contributed by atoms with Crippen molar-refractivity contribution >= 4 is 37.8 Å². The normalized spacial score (nSPS) is 16.8. The molecule has 0 spiro atoms. The predicted molar refractivity (Wildman–Crippen MR) is 40.2 cm³/mol. The van der Waals surface area contributed by atoms with Crippen LogP contribution in [-0.4, -0.2) is 32.4 Å². The van der Waals surface area contributed by atoms with Gasteiger partial charge >= 0.3 is 5.97 Å². The van der Waals surface area contributed by atoms with Gasteiger partial charge in [0.2, 0.25) is 0 Å². The van der Waals surface area contributed by atoms with E-state index in [0.717, 1.165) is 0 Å². The molecule has 0 aromatic carbocycles. The Morgan fingerprint density at radius 1 is 1.67 bits per heavy atom. The van der Waals surface area contributed by atoms with Gasteiger partial charge in [0.1, 0.15) is 4.83 Å². The number of hydrogen-bond donors (Lipinski definition) is 2. The van der Waals surface area contributed by atoms with E-state index in [9.17, 15) is 4.79 Å². The summed E-state index contributed by atoms with van der Waals surface area (Å²) in [5.74, 6) is -1.05. The average Bonchev–Trinajstić information content (AvgIpc) is 1.84. The lowest BCUT2D eigenvalue weighted by Gasteiger charge is -2.08. The van der Waals surface area contributed by atoms with Crippen LogP contribution in [0.15, 0.2) is 0 Å². The number of aliphatic carboxylic acids is 1. The summed E-state index contributed by atoms with van der Waals surface area (Å²) in [5, 5.41) is 17.3. The number of rotatable bonds is 3. The van der Waals surface area contributed by atoms with Crippen LogP contribution in [0.4, 0.5) is 0 Å². The Kier molecular flexibility index (Phi) is 4.43. The third-order valence-electron chi connectivity index (χ3n) is 0.732. The third kappa shape index (κ3) is 3.17. The van der Waals surface area contributed by atoms with Gasteiger partial charge in [-0.25, -0.2) is 0 Å². The molecule has 0 aliphatic carbocycles. The molecule has 5 heteroatoms. The number of hydrogen-bond acceptors (Lipinski definition) is 2. The smallest absolute Gasteiger partial charge is 0.319 e. The molecule has 9 heavy (non-hydrogen) atoms. The molecule has 3 nitrogen and oxygen atoms in total. The van der Waals surface area contributed by atoms with Gasteiger partial charge in [0.15, 0.2) is 0 Å². The second kappa shape index (κ2) is 4.24. The van der Waals surface area contributed by atoms with Crippen LogP contribution in [0, 0.1) is 0 Å². The van der Waals surface area contributed by atoms with Crippen molar-refractivity contribution < 1.29 is 15.0 Å². The first-order chi connectivity index (χ1) is 4.09. The molecule has 0 saturated heterocycles. The molecule has 2 atom stereocenters. The van der Waals surface area contributed by atoms with E-state index in [-0.39, 0.29) is 5.33 Å². The van der Waals surface area contributed by atoms with Crippen LogP contribution in [0.5, 0.6) is 0 Å². The standard InChI is InChI=1S/C4H6Br2O3/c5-1-2(7)3(6)4(8)9/h2-3,7H,1H2,(H,8,9). The number of carboxylic acid groups (broad SMARTS) is 1. The highest BCUT2D eigenvalue weighted by Gasteiger charge is 2.21. The Morgan fingerprint density at radius 3 is 2.22 bits per heavy atom. The maximum Gasteiger partial charge on any atom is 0.319 e. The summed E-state index contributed by atoms with van der Waals surface area (Å²) >= 11 is 5.73. The van der Waals surface area contributed by atoms with Crippen molar-refractivity contribution in [2.75, 3.05) is 5.33 Å². The molecule has 0 rings (SSSR count). The molecule has 0 aliphatic rings. The molecule has 0 amide bonds. The highest BCUT2D eigenvalue weighted by atomic mass is 79.9. The summed E-state index contributed by atoms with van der Waals surface area (Å²) in [5.41, 5.74) is 0. The minimum absolute atomic E-state index is 0.259. The van der Waals surface area contributed by atoms with Crippen LogP contribution in [-0.2, 0) is 4.79 Å². The fourth-order valence-corrected chi connectivity index (χ4v) is 1.31. The third-order valence-corrected chi connectivity index (χ3v) is 2.40. The van der Waals surface area contributed by atoms with Gasteiger partial charge in [0.05, 0.1) is 6.10 Å². The van der Waals surface area contributed by atoms with Crippen molar-refractivity contribution in [3.8, 4) is 0 Å². The fraction of sp³-hybridized carbons (Fsp3) is 0.750. The molecule has 0 aromatic rings. The fourth-order valence-electron chi connectivity index (χ4n) is 0.243. The molecule has 2 unspecified atom stereocenters. The molecule has 0 fully saturated rings. The van der Waals surface area contributed by atoms with Crippen molar-refractivity contribution in [1.29, 1.82) is 0 Å². The van der Waals surface area contributed by atoms with Crippen LogP contribution < -0.4 is 0 Å². The van der Waals surface area contributed by atoms with Crippen molar-refractivity contribution in [1.82, 2.24) is 0 Å². The van der Waals surface area contributed by atoms with Crippen LogP contribution >= 0.6 is 31.9 Å². The molecule has 0 heterocycles. The Balaban J connectivity index is 3.72. The van der Waals surface area contributed by atoms with Gasteiger partial charge in [-0.2, -0.15) is 0 Å². The van der Waals surface area contributed by atoms with Crippen molar-refractivity contribution in [2.45, 2.75) is 10.9 Å². The Hall–Kier alpha value is 0.390. The van der Waals surface area contributed by atoms with Gasteiger partial charge in [-0.15, -0.1) is 0 Å². The average molecular weight is 262 g/mol. The monoisotopic (exact) mass is 260 g/mol. The molecule has 0 bridgehead atoms. The molecule has 0 radical (unpaired) electrons. The van der Waals surface area contributed by atoms with Gasteiger partial charge in [-0.1, -0.05) is 31.9 Å². The van der Waals surface area contributed by atoms with E-state index in [4.69, 9.17) is 10.2 Å². The first kappa shape index (κ1) is 9.39. The molecule has 2 N–H and O–H groups in total. The van der Waals surface area contributed by atoms with Crippen molar-refractivity contribution in [3.63, 3.8) is 0 Å². The van der Waals surface area contributed by atoms with Gasteiger partial charge in [-0.05, 0) is 0 Å². The molecule has 0 saturated carbocycles. The lowest BCUT2D eigenvalue weighted by molar-refractivity contribution is -0.137. The van der Waals surface area contributed by atoms with E-state index >= 15 is 0 Å². The highest BCUT2D eigenvalue weighted by molar-refractivity contribution is 9.10. The number of halogens is 2. The lowest BCUT2D eigenvalue weighted by atomic mass is 10.3. The first-order valence-electron chi connectivity index (χ1n) is 2.20. The van der Waals surface area contributed by atoms with E-state index in [1.54, 1.807) is 0 Å². The quantitative estimate of drug-likeness (QED) is 0.732. The van der Waals surface area contributed by atoms with E-state index < -0.39 is 16.9 Å². The van der Waals surface area contributed by atoms with Crippen LogP contribution in [0.2, 0.25) is 0 Å². The summed E-state index contributed by atoms with van der Waals surface area (Å²) in [7, 11) is 0. The molecule has 54 valence electrons. The number of aliphatic hydroxyl groups is 1. The lowest BCUT2D eigenvalue weighted by Crippen LogP contribution is -2.29. The zero-order valence-electron chi connectivity index (χ0n) is 4.42. The van der Waals surface area contributed by atoms with Gasteiger partial charge in [-0.3, -0.25) is 4.79 Å². The second-order valence-corrected chi connectivity index (χ2v) is 3.10. The van der Waals surface area contributed by atoms with E-state index in [1.165, 1.54) is 0 Å². The summed E-state index contributed by atoms with van der Waals surface area (Å²) in [6.07, 6.45) is -0.873. The Bertz CT molecular complexity index is 106. The minimum atomic E-state index is -1.05. The zero-order valence-corrected chi connectivity index (χ0v) is 7.59. The van der Waals surface area contributed by atoms with Gasteiger partial charge in [0.25, 0.3) is 0 Å². The highest BCUT2D eigenvalue weighted by Crippen LogP contribution is 2.07. The summed E-state index contributed by atoms with van der Waals surface area (Å²) in [6.45, 7) is 0. The maximum atomic E-state index is 10.1. The molecule has 0 aromatic heterocycles. The van der Waals surface area contributed by atoms with Crippen LogP contribution in [0.1, 0.15) is 0 Å². The zero-order chi connectivity index (χ0) is 7.44. The molecule has 0 aliphatic heterocycles. The predicted octanol–water partition coefficient (Wildman–Crippen LogP) is 0.590. The topological polar surface area (TPSA) is 57.5 Å².